The van der Waals surface area contributed by atoms with Crippen molar-refractivity contribution in [3.8, 4) is 12.3 Å². The molecule has 1 rings (SSSR count). The lowest BCUT2D eigenvalue weighted by Crippen LogP contribution is -2.23. The van der Waals surface area contributed by atoms with E-state index in [4.69, 9.17) is 6.42 Å². The van der Waals surface area contributed by atoms with E-state index in [-0.39, 0.29) is 5.91 Å². The topological polar surface area (TPSA) is 29.1 Å². The zero-order valence-electron chi connectivity index (χ0n) is 9.84. The average Bonchev–Trinajstić information content (AvgIpc) is 2.25. The van der Waals surface area contributed by atoms with Crippen LogP contribution < -0.4 is 5.32 Å². The van der Waals surface area contributed by atoms with Crippen molar-refractivity contribution >= 4 is 5.91 Å². The van der Waals surface area contributed by atoms with Crippen LogP contribution in [0.1, 0.15) is 23.1 Å². The molecule has 0 unspecified atom stereocenters. The molecule has 0 radical (unpaired) electrons. The van der Waals surface area contributed by atoms with E-state index in [1.807, 2.05) is 0 Å². The maximum Gasteiger partial charge on any atom is 0.221 e. The number of aryl methyl sites for hydroxylation is 3. The van der Waals surface area contributed by atoms with Crippen LogP contribution in [0.4, 0.5) is 0 Å². The highest BCUT2D eigenvalue weighted by Crippen LogP contribution is 2.12. The van der Waals surface area contributed by atoms with E-state index in [0.717, 1.165) is 6.42 Å². The fourth-order valence-corrected chi connectivity index (χ4v) is 1.61. The largest absolute Gasteiger partial charge is 0.345 e. The van der Waals surface area contributed by atoms with Gasteiger partial charge in [-0.3, -0.25) is 4.79 Å². The SMILES string of the molecule is C#CCNC(=O)CCc1ccc(C)cc1C. The van der Waals surface area contributed by atoms with Crippen LogP contribution in [0.3, 0.4) is 0 Å². The van der Waals surface area contributed by atoms with Crippen LogP contribution in [0.25, 0.3) is 0 Å². The van der Waals surface area contributed by atoms with Gasteiger partial charge in [-0.05, 0) is 31.4 Å². The summed E-state index contributed by atoms with van der Waals surface area (Å²) in [5.74, 6) is 2.40. The third-order valence-corrected chi connectivity index (χ3v) is 2.51. The predicted octanol–water partition coefficient (Wildman–Crippen LogP) is 1.99. The molecule has 0 bridgehead atoms. The molecule has 16 heavy (non-hydrogen) atoms. The van der Waals surface area contributed by atoms with E-state index in [0.29, 0.717) is 13.0 Å². The number of rotatable bonds is 4. The fourth-order valence-electron chi connectivity index (χ4n) is 1.61. The number of hydrogen-bond acceptors (Lipinski definition) is 1. The van der Waals surface area contributed by atoms with Crippen LogP contribution in [0.5, 0.6) is 0 Å². The Morgan fingerprint density at radius 2 is 2.19 bits per heavy atom. The molecule has 84 valence electrons. The number of hydrogen-bond donors (Lipinski definition) is 1. The van der Waals surface area contributed by atoms with Crippen molar-refractivity contribution in [2.75, 3.05) is 6.54 Å². The average molecular weight is 215 g/mol. The zero-order valence-corrected chi connectivity index (χ0v) is 9.84. The first-order valence-corrected chi connectivity index (χ1v) is 5.40. The number of benzene rings is 1. The minimum Gasteiger partial charge on any atom is -0.345 e. The second kappa shape index (κ2) is 5.97. The maximum atomic E-state index is 11.3. The Kier molecular flexibility index (Phi) is 4.60. The van der Waals surface area contributed by atoms with Crippen LogP contribution in [-0.2, 0) is 11.2 Å². The van der Waals surface area contributed by atoms with Gasteiger partial charge >= 0.3 is 0 Å². The van der Waals surface area contributed by atoms with Crippen molar-refractivity contribution in [1.29, 1.82) is 0 Å². The molecule has 0 aliphatic carbocycles. The van der Waals surface area contributed by atoms with Crippen molar-refractivity contribution < 1.29 is 4.79 Å². The normalized spacial score (nSPS) is 9.56. The van der Waals surface area contributed by atoms with Crippen molar-refractivity contribution in [2.24, 2.45) is 0 Å². The van der Waals surface area contributed by atoms with Gasteiger partial charge in [0.15, 0.2) is 0 Å². The molecule has 0 spiro atoms. The van der Waals surface area contributed by atoms with Crippen molar-refractivity contribution in [3.63, 3.8) is 0 Å². The van der Waals surface area contributed by atoms with Gasteiger partial charge in [0, 0.05) is 6.42 Å². The first-order valence-electron chi connectivity index (χ1n) is 5.40. The number of amides is 1. The molecule has 1 aromatic carbocycles. The second-order valence-corrected chi connectivity index (χ2v) is 3.91. The number of terminal acetylenes is 1. The fraction of sp³-hybridized carbons (Fsp3) is 0.357. The van der Waals surface area contributed by atoms with Gasteiger partial charge in [0.2, 0.25) is 5.91 Å². The lowest BCUT2D eigenvalue weighted by molar-refractivity contribution is -0.120. The molecule has 0 saturated heterocycles. The summed E-state index contributed by atoms with van der Waals surface area (Å²) in [4.78, 5) is 11.3. The minimum atomic E-state index is 0.0120. The standard InChI is InChI=1S/C14H17NO/c1-4-9-15-14(16)8-7-13-6-5-11(2)10-12(13)3/h1,5-6,10H,7-9H2,2-3H3,(H,15,16). The van der Waals surface area contributed by atoms with Gasteiger partial charge in [0.1, 0.15) is 0 Å². The third kappa shape index (κ3) is 3.78. The molecule has 0 fully saturated rings. The number of carbonyl (C=O) groups is 1. The summed E-state index contributed by atoms with van der Waals surface area (Å²) >= 11 is 0. The quantitative estimate of drug-likeness (QED) is 0.765. The van der Waals surface area contributed by atoms with Gasteiger partial charge in [-0.25, -0.2) is 0 Å². The molecule has 2 nitrogen and oxygen atoms in total. The Morgan fingerprint density at radius 3 is 2.81 bits per heavy atom. The smallest absolute Gasteiger partial charge is 0.221 e. The lowest BCUT2D eigenvalue weighted by atomic mass is 10.0. The van der Waals surface area contributed by atoms with Crippen LogP contribution in [0.2, 0.25) is 0 Å². The highest BCUT2D eigenvalue weighted by atomic mass is 16.1. The predicted molar refractivity (Wildman–Crippen MR) is 66.1 cm³/mol. The van der Waals surface area contributed by atoms with Crippen LogP contribution in [0.15, 0.2) is 18.2 Å². The summed E-state index contributed by atoms with van der Waals surface area (Å²) < 4.78 is 0. The summed E-state index contributed by atoms with van der Waals surface area (Å²) in [7, 11) is 0. The summed E-state index contributed by atoms with van der Waals surface area (Å²) in [6, 6.07) is 6.29. The molecule has 1 aromatic rings. The number of nitrogens with one attached hydrogen (secondary N) is 1. The lowest BCUT2D eigenvalue weighted by Gasteiger charge is -2.06. The van der Waals surface area contributed by atoms with Crippen molar-refractivity contribution in [1.82, 2.24) is 5.32 Å². The molecule has 1 N–H and O–H groups in total. The van der Waals surface area contributed by atoms with E-state index in [9.17, 15) is 4.79 Å². The van der Waals surface area contributed by atoms with E-state index in [1.54, 1.807) is 0 Å². The molecule has 0 heterocycles. The second-order valence-electron chi connectivity index (χ2n) is 3.91. The Bertz CT molecular complexity index is 415. The molecule has 0 saturated carbocycles. The summed E-state index contributed by atoms with van der Waals surface area (Å²) in [6.45, 7) is 4.45. The first-order chi connectivity index (χ1) is 7.63. The van der Waals surface area contributed by atoms with Crippen molar-refractivity contribution in [3.05, 3.63) is 34.9 Å². The maximum absolute atomic E-state index is 11.3. The first kappa shape index (κ1) is 12.3. The van der Waals surface area contributed by atoms with E-state index < -0.39 is 0 Å². The summed E-state index contributed by atoms with van der Waals surface area (Å²) in [5, 5.41) is 2.66. The molecule has 0 aliphatic rings. The monoisotopic (exact) mass is 215 g/mol. The third-order valence-electron chi connectivity index (χ3n) is 2.51. The Balaban J connectivity index is 2.49. The van der Waals surface area contributed by atoms with E-state index in [2.05, 4.69) is 43.3 Å². The molecular weight excluding hydrogens is 198 g/mol. The molecule has 0 aliphatic heterocycles. The van der Waals surface area contributed by atoms with Gasteiger partial charge < -0.3 is 5.32 Å². The molecule has 0 aromatic heterocycles. The Morgan fingerprint density at radius 1 is 1.44 bits per heavy atom. The molecule has 1 amide bonds. The van der Waals surface area contributed by atoms with Crippen LogP contribution in [-0.4, -0.2) is 12.5 Å². The molecule has 2 heteroatoms. The number of carbonyl (C=O) groups excluding carboxylic acids is 1. The Hall–Kier alpha value is -1.75. The summed E-state index contributed by atoms with van der Waals surface area (Å²) in [6.07, 6.45) is 6.32. The van der Waals surface area contributed by atoms with Gasteiger partial charge in [0.05, 0.1) is 6.54 Å². The van der Waals surface area contributed by atoms with Gasteiger partial charge in [-0.2, -0.15) is 0 Å². The summed E-state index contributed by atoms with van der Waals surface area (Å²) in [5.41, 5.74) is 3.71. The molecular formula is C14H17NO. The Labute approximate surface area is 97.1 Å². The van der Waals surface area contributed by atoms with Gasteiger partial charge in [-0.15, -0.1) is 6.42 Å². The van der Waals surface area contributed by atoms with E-state index >= 15 is 0 Å². The minimum absolute atomic E-state index is 0.0120. The van der Waals surface area contributed by atoms with Crippen LogP contribution >= 0.6 is 0 Å². The van der Waals surface area contributed by atoms with Gasteiger partial charge in [0.25, 0.3) is 0 Å². The van der Waals surface area contributed by atoms with E-state index in [1.165, 1.54) is 16.7 Å². The molecule has 0 atom stereocenters. The highest BCUT2D eigenvalue weighted by molar-refractivity contribution is 5.76. The zero-order chi connectivity index (χ0) is 12.0. The van der Waals surface area contributed by atoms with Gasteiger partial charge in [-0.1, -0.05) is 29.7 Å². The van der Waals surface area contributed by atoms with Crippen LogP contribution in [0, 0.1) is 26.2 Å². The highest BCUT2D eigenvalue weighted by Gasteiger charge is 2.03. The van der Waals surface area contributed by atoms with Crippen molar-refractivity contribution in [2.45, 2.75) is 26.7 Å².